The van der Waals surface area contributed by atoms with Gasteiger partial charge in [-0.3, -0.25) is 9.59 Å². The maximum absolute atomic E-state index is 9.01. The number of carbonyl (C=O) groups excluding carboxylic acids is 2. The molecule has 16 heavy (non-hydrogen) atoms. The third-order valence-corrected chi connectivity index (χ3v) is 3.86. The second-order valence-corrected chi connectivity index (χ2v) is 6.76. The summed E-state index contributed by atoms with van der Waals surface area (Å²) in [5.41, 5.74) is 5.55. The summed E-state index contributed by atoms with van der Waals surface area (Å²) in [5, 5.41) is 2.06. The zero-order chi connectivity index (χ0) is 13.2. The third kappa shape index (κ3) is 47.5. The van der Waals surface area contributed by atoms with Crippen LogP contribution in [0.1, 0.15) is 19.8 Å². The Morgan fingerprint density at radius 3 is 1.81 bits per heavy atom. The van der Waals surface area contributed by atoms with Crippen molar-refractivity contribution in [2.45, 2.75) is 35.2 Å². The van der Waals surface area contributed by atoms with Crippen LogP contribution >= 0.6 is 24.4 Å². The standard InChI is InChI=1S/C5H12N.2C2H2OS.CH3.Sn/c1-3-4-5(2)6;2*3-1-2-4;;/h5H,1,3-4,6H2,2H3;2*1-2H;1H3;. The SMILES string of the molecule is O=CC=S.O=CC=S.[CH3][Sn][CH2]CCC(C)N. The summed E-state index contributed by atoms with van der Waals surface area (Å²) in [7, 11) is 0. The third-order valence-electron chi connectivity index (χ3n) is 1.20. The fourth-order valence-electron chi connectivity index (χ4n) is 0.601. The molecule has 0 aliphatic carbocycles. The first-order chi connectivity index (χ1) is 7.60. The minimum atomic E-state index is 0.0953. The van der Waals surface area contributed by atoms with Crippen LogP contribution in [0, 0.1) is 0 Å². The van der Waals surface area contributed by atoms with Gasteiger partial charge in [-0.2, -0.15) is 0 Å². The minimum absolute atomic E-state index is 0.0953. The molecule has 0 heterocycles. The number of rotatable bonds is 6. The molecule has 0 bridgehead atoms. The van der Waals surface area contributed by atoms with Gasteiger partial charge in [0.2, 0.25) is 0 Å². The molecule has 0 saturated heterocycles. The van der Waals surface area contributed by atoms with Gasteiger partial charge in [0.05, 0.1) is 0 Å². The van der Waals surface area contributed by atoms with Crippen molar-refractivity contribution in [2.24, 2.45) is 5.73 Å². The average molecular weight is 368 g/mol. The van der Waals surface area contributed by atoms with E-state index in [0.29, 0.717) is 18.6 Å². The van der Waals surface area contributed by atoms with Gasteiger partial charge in [0.1, 0.15) is 0 Å². The fraction of sp³-hybridized carbons (Fsp3) is 0.600. The molecule has 0 aromatic carbocycles. The van der Waals surface area contributed by atoms with E-state index in [2.05, 4.69) is 36.3 Å². The Morgan fingerprint density at radius 1 is 1.25 bits per heavy atom. The summed E-state index contributed by atoms with van der Waals surface area (Å²) < 4.78 is 1.50. The molecule has 2 N–H and O–H groups in total. The molecule has 1 unspecified atom stereocenters. The van der Waals surface area contributed by atoms with Gasteiger partial charge in [0.15, 0.2) is 12.6 Å². The van der Waals surface area contributed by atoms with Crippen molar-refractivity contribution in [2.75, 3.05) is 0 Å². The second kappa shape index (κ2) is 24.5. The summed E-state index contributed by atoms with van der Waals surface area (Å²) in [5.74, 6) is 0. The molecule has 0 aromatic rings. The topological polar surface area (TPSA) is 60.2 Å². The van der Waals surface area contributed by atoms with Crippen LogP contribution in [-0.2, 0) is 9.59 Å². The van der Waals surface area contributed by atoms with E-state index < -0.39 is 0 Å². The molecule has 2 radical (unpaired) electrons. The molecule has 0 spiro atoms. The molecular weight excluding hydrogens is 349 g/mol. The number of hydrogen-bond donors (Lipinski definition) is 1. The van der Waals surface area contributed by atoms with Crippen molar-refractivity contribution in [3.8, 4) is 0 Å². The van der Waals surface area contributed by atoms with Gasteiger partial charge in [-0.15, -0.1) is 0 Å². The first-order valence-corrected chi connectivity index (χ1v) is 10.6. The van der Waals surface area contributed by atoms with E-state index in [1.807, 2.05) is 0 Å². The normalized spacial score (nSPS) is 9.44. The molecule has 0 aromatic heterocycles. The van der Waals surface area contributed by atoms with Gasteiger partial charge >= 0.3 is 62.1 Å². The quantitative estimate of drug-likeness (QED) is 0.335. The Labute approximate surface area is 119 Å². The van der Waals surface area contributed by atoms with Crippen molar-refractivity contribution in [1.29, 1.82) is 0 Å². The molecule has 1 atom stereocenters. The summed E-state index contributed by atoms with van der Waals surface area (Å²) >= 11 is 8.22. The number of carbonyl (C=O) groups is 2. The summed E-state index contributed by atoms with van der Waals surface area (Å²) in [6, 6.07) is 0.431. The van der Waals surface area contributed by atoms with Gasteiger partial charge < -0.3 is 0 Å². The van der Waals surface area contributed by atoms with Gasteiger partial charge in [-0.25, -0.2) is 0 Å². The fourth-order valence-corrected chi connectivity index (χ4v) is 2.19. The van der Waals surface area contributed by atoms with Crippen molar-refractivity contribution >= 4 is 68.9 Å². The van der Waals surface area contributed by atoms with Crippen molar-refractivity contribution in [3.05, 3.63) is 0 Å². The van der Waals surface area contributed by atoms with Crippen molar-refractivity contribution in [1.82, 2.24) is 0 Å². The number of thiocarbonyl (C=S) groups is 2. The second-order valence-electron chi connectivity index (χ2n) is 2.77. The van der Waals surface area contributed by atoms with Crippen LogP contribution in [0.4, 0.5) is 0 Å². The zero-order valence-corrected chi connectivity index (χ0v) is 14.2. The molecular formula is C10H19NO2S2Sn. The molecule has 0 rings (SSSR count). The molecule has 0 saturated carbocycles. The predicted molar refractivity (Wildman–Crippen MR) is 78.7 cm³/mol. The van der Waals surface area contributed by atoms with E-state index in [9.17, 15) is 0 Å². The molecule has 3 nitrogen and oxygen atoms in total. The van der Waals surface area contributed by atoms with Crippen LogP contribution in [-0.4, -0.2) is 50.5 Å². The van der Waals surface area contributed by atoms with E-state index in [1.165, 1.54) is 17.3 Å². The molecule has 0 amide bonds. The Morgan fingerprint density at radius 2 is 1.62 bits per heavy atom. The molecule has 0 aliphatic heterocycles. The van der Waals surface area contributed by atoms with Gasteiger partial charge in [0.25, 0.3) is 0 Å². The summed E-state index contributed by atoms with van der Waals surface area (Å²) in [6.45, 7) is 2.08. The van der Waals surface area contributed by atoms with Crippen LogP contribution in [0.5, 0.6) is 0 Å². The number of aldehydes is 2. The summed E-state index contributed by atoms with van der Waals surface area (Å²) in [6.07, 6.45) is 3.74. The Bertz CT molecular complexity index is 154. The van der Waals surface area contributed by atoms with Gasteiger partial charge in [0, 0.05) is 10.7 Å². The van der Waals surface area contributed by atoms with E-state index in [4.69, 9.17) is 15.3 Å². The van der Waals surface area contributed by atoms with Crippen molar-refractivity contribution < 1.29 is 9.59 Å². The van der Waals surface area contributed by atoms with Crippen LogP contribution in [0.25, 0.3) is 0 Å². The van der Waals surface area contributed by atoms with Crippen molar-refractivity contribution in [3.63, 3.8) is 0 Å². The van der Waals surface area contributed by atoms with Gasteiger partial charge in [-0.1, -0.05) is 24.4 Å². The van der Waals surface area contributed by atoms with Gasteiger partial charge in [-0.05, 0) is 0 Å². The molecule has 6 heteroatoms. The van der Waals surface area contributed by atoms with Crippen LogP contribution in [0.15, 0.2) is 0 Å². The maximum atomic E-state index is 9.01. The Hall–Kier alpha value is 0.279. The van der Waals surface area contributed by atoms with Crippen LogP contribution in [0.2, 0.25) is 9.38 Å². The molecule has 0 aliphatic rings. The number of hydrogen-bond acceptors (Lipinski definition) is 5. The first-order valence-electron chi connectivity index (χ1n) is 4.78. The first kappa shape index (κ1) is 21.6. The van der Waals surface area contributed by atoms with E-state index in [1.54, 1.807) is 0 Å². The Kier molecular flexibility index (Phi) is 33.0. The van der Waals surface area contributed by atoms with E-state index in [-0.39, 0.29) is 21.1 Å². The molecule has 92 valence electrons. The van der Waals surface area contributed by atoms with Crippen LogP contribution < -0.4 is 5.73 Å². The monoisotopic (exact) mass is 369 g/mol. The zero-order valence-electron chi connectivity index (χ0n) is 9.72. The summed E-state index contributed by atoms with van der Waals surface area (Å²) in [4.78, 5) is 20.4. The van der Waals surface area contributed by atoms with Crippen LogP contribution in [0.3, 0.4) is 0 Å². The molecule has 0 fully saturated rings. The van der Waals surface area contributed by atoms with E-state index >= 15 is 0 Å². The average Bonchev–Trinajstić information content (AvgIpc) is 2.30. The number of nitrogens with two attached hydrogens (primary N) is 1. The Balaban J connectivity index is -0.000000179. The van der Waals surface area contributed by atoms with E-state index in [0.717, 1.165) is 10.7 Å². The predicted octanol–water partition coefficient (Wildman–Crippen LogP) is 1.65.